The summed E-state index contributed by atoms with van der Waals surface area (Å²) in [4.78, 5) is 22.7. The molecule has 3 rings (SSSR count). The molecule has 0 unspecified atom stereocenters. The first-order chi connectivity index (χ1) is 12.3. The second kappa shape index (κ2) is 9.01. The molecule has 0 spiro atoms. The Bertz CT molecular complexity index is 651. The molecule has 6 heteroatoms. The lowest BCUT2D eigenvalue weighted by atomic mass is 10.2. The van der Waals surface area contributed by atoms with Gasteiger partial charge in [-0.3, -0.25) is 4.98 Å². The summed E-state index contributed by atoms with van der Waals surface area (Å²) < 4.78 is 0. The van der Waals surface area contributed by atoms with Crippen LogP contribution in [0.25, 0.3) is 0 Å². The largest absolute Gasteiger partial charge is 0.357 e. The molecular weight excluding hydrogens is 314 g/mol. The molecule has 3 heterocycles. The van der Waals surface area contributed by atoms with Gasteiger partial charge in [-0.05, 0) is 42.2 Å². The molecule has 2 aromatic rings. The number of hydrogen-bond acceptors (Lipinski definition) is 4. The minimum absolute atomic E-state index is 0.187. The second-order valence-corrected chi connectivity index (χ2v) is 6.32. The molecule has 0 radical (unpaired) electrons. The first kappa shape index (κ1) is 17.2. The van der Waals surface area contributed by atoms with E-state index in [1.807, 2.05) is 24.4 Å². The van der Waals surface area contributed by atoms with E-state index in [2.05, 4.69) is 31.6 Å². The van der Waals surface area contributed by atoms with E-state index in [1.54, 1.807) is 12.4 Å². The summed E-state index contributed by atoms with van der Waals surface area (Å²) in [5.41, 5.74) is 2.02. The van der Waals surface area contributed by atoms with Crippen molar-refractivity contribution in [3.05, 3.63) is 54.0 Å². The number of nitrogens with one attached hydrogen (secondary N) is 2. The molecule has 1 aliphatic rings. The van der Waals surface area contributed by atoms with Gasteiger partial charge in [0.2, 0.25) is 0 Å². The summed E-state index contributed by atoms with van der Waals surface area (Å²) in [6, 6.07) is 7.67. The minimum atomic E-state index is -0.187. The second-order valence-electron chi connectivity index (χ2n) is 6.32. The smallest absolute Gasteiger partial charge is 0.315 e. The fourth-order valence-electron chi connectivity index (χ4n) is 2.94. The molecule has 2 amide bonds. The average Bonchev–Trinajstić information content (AvgIpc) is 2.95. The normalized spacial score (nSPS) is 14.6. The Morgan fingerprint density at radius 2 is 1.60 bits per heavy atom. The van der Waals surface area contributed by atoms with Gasteiger partial charge in [0.25, 0.3) is 0 Å². The number of nitrogens with zero attached hydrogens (tertiary/aromatic N) is 3. The van der Waals surface area contributed by atoms with Crippen molar-refractivity contribution in [3.63, 3.8) is 0 Å². The van der Waals surface area contributed by atoms with Gasteiger partial charge in [0.1, 0.15) is 5.82 Å². The van der Waals surface area contributed by atoms with Gasteiger partial charge in [-0.1, -0.05) is 18.9 Å². The third-order valence-corrected chi connectivity index (χ3v) is 4.39. The van der Waals surface area contributed by atoms with Crippen LogP contribution >= 0.6 is 0 Å². The molecule has 2 aromatic heterocycles. The van der Waals surface area contributed by atoms with Crippen LogP contribution in [0.1, 0.15) is 36.8 Å². The van der Waals surface area contributed by atoms with Crippen LogP contribution in [0.15, 0.2) is 42.9 Å². The minimum Gasteiger partial charge on any atom is -0.357 e. The van der Waals surface area contributed by atoms with E-state index >= 15 is 0 Å². The molecule has 6 nitrogen and oxygen atoms in total. The summed E-state index contributed by atoms with van der Waals surface area (Å²) >= 11 is 0. The highest BCUT2D eigenvalue weighted by molar-refractivity contribution is 5.73. The van der Waals surface area contributed by atoms with Crippen LogP contribution in [0.3, 0.4) is 0 Å². The number of anilines is 1. The number of amides is 2. The van der Waals surface area contributed by atoms with Gasteiger partial charge in [0, 0.05) is 44.8 Å². The van der Waals surface area contributed by atoms with E-state index in [4.69, 9.17) is 0 Å². The Hall–Kier alpha value is -2.63. The standard InChI is InChI=1S/C19H25N5O/c25-19(22-13-16-7-9-20-10-8-16)23-15-17-5-6-18(21-14-17)24-11-3-1-2-4-12-24/h5-10,14H,1-4,11-13,15H2,(H2,22,23,25). The molecule has 0 saturated carbocycles. The van der Waals surface area contributed by atoms with Crippen molar-refractivity contribution in [1.29, 1.82) is 0 Å². The van der Waals surface area contributed by atoms with Crippen LogP contribution in [0, 0.1) is 0 Å². The van der Waals surface area contributed by atoms with Crippen molar-refractivity contribution in [2.24, 2.45) is 0 Å². The number of carbonyl (C=O) groups excluding carboxylic acids is 1. The third-order valence-electron chi connectivity index (χ3n) is 4.39. The number of hydrogen-bond donors (Lipinski definition) is 2. The molecule has 25 heavy (non-hydrogen) atoms. The monoisotopic (exact) mass is 339 g/mol. The van der Waals surface area contributed by atoms with E-state index in [9.17, 15) is 4.79 Å². The van der Waals surface area contributed by atoms with Crippen molar-refractivity contribution in [2.75, 3.05) is 18.0 Å². The number of urea groups is 1. The van der Waals surface area contributed by atoms with E-state index < -0.39 is 0 Å². The lowest BCUT2D eigenvalue weighted by Gasteiger charge is -2.21. The summed E-state index contributed by atoms with van der Waals surface area (Å²) in [6.07, 6.45) is 10.4. The van der Waals surface area contributed by atoms with Crippen LogP contribution in [-0.4, -0.2) is 29.1 Å². The Balaban J connectivity index is 1.44. The number of aromatic nitrogens is 2. The van der Waals surface area contributed by atoms with Gasteiger partial charge in [0.05, 0.1) is 0 Å². The molecule has 0 aliphatic carbocycles. The topological polar surface area (TPSA) is 70.2 Å². The number of pyridine rings is 2. The van der Waals surface area contributed by atoms with Crippen molar-refractivity contribution in [3.8, 4) is 0 Å². The van der Waals surface area contributed by atoms with Crippen LogP contribution in [0.4, 0.5) is 10.6 Å². The summed E-state index contributed by atoms with van der Waals surface area (Å²) in [6.45, 7) is 3.12. The Morgan fingerprint density at radius 3 is 2.24 bits per heavy atom. The van der Waals surface area contributed by atoms with Crippen molar-refractivity contribution >= 4 is 11.8 Å². The van der Waals surface area contributed by atoms with Gasteiger partial charge in [-0.25, -0.2) is 9.78 Å². The third kappa shape index (κ3) is 5.45. The number of rotatable bonds is 5. The van der Waals surface area contributed by atoms with Crippen LogP contribution in [0.2, 0.25) is 0 Å². The summed E-state index contributed by atoms with van der Waals surface area (Å²) in [7, 11) is 0. The summed E-state index contributed by atoms with van der Waals surface area (Å²) in [5.74, 6) is 1.03. The first-order valence-corrected chi connectivity index (χ1v) is 8.92. The van der Waals surface area contributed by atoms with E-state index in [0.717, 1.165) is 30.0 Å². The highest BCUT2D eigenvalue weighted by atomic mass is 16.2. The molecule has 0 bridgehead atoms. The van der Waals surface area contributed by atoms with Crippen molar-refractivity contribution in [2.45, 2.75) is 38.8 Å². The van der Waals surface area contributed by atoms with E-state index in [-0.39, 0.29) is 6.03 Å². The first-order valence-electron chi connectivity index (χ1n) is 8.92. The molecule has 0 atom stereocenters. The highest BCUT2D eigenvalue weighted by Gasteiger charge is 2.10. The zero-order valence-corrected chi connectivity index (χ0v) is 14.4. The molecule has 1 saturated heterocycles. The molecule has 1 fully saturated rings. The Morgan fingerprint density at radius 1 is 0.920 bits per heavy atom. The molecule has 0 aromatic carbocycles. The van der Waals surface area contributed by atoms with Gasteiger partial charge in [-0.15, -0.1) is 0 Å². The molecule has 1 aliphatic heterocycles. The predicted molar refractivity (Wildman–Crippen MR) is 98.2 cm³/mol. The van der Waals surface area contributed by atoms with E-state index in [1.165, 1.54) is 25.7 Å². The van der Waals surface area contributed by atoms with Crippen LogP contribution in [0.5, 0.6) is 0 Å². The lowest BCUT2D eigenvalue weighted by molar-refractivity contribution is 0.240. The zero-order valence-electron chi connectivity index (χ0n) is 14.4. The van der Waals surface area contributed by atoms with Gasteiger partial charge in [-0.2, -0.15) is 0 Å². The zero-order chi connectivity index (χ0) is 17.3. The summed E-state index contributed by atoms with van der Waals surface area (Å²) in [5, 5.41) is 5.69. The maximum atomic E-state index is 11.9. The fourth-order valence-corrected chi connectivity index (χ4v) is 2.94. The Labute approximate surface area is 148 Å². The quantitative estimate of drug-likeness (QED) is 0.879. The van der Waals surface area contributed by atoms with Gasteiger partial charge >= 0.3 is 6.03 Å². The fraction of sp³-hybridized carbons (Fsp3) is 0.421. The molecule has 2 N–H and O–H groups in total. The van der Waals surface area contributed by atoms with E-state index in [0.29, 0.717) is 13.1 Å². The maximum absolute atomic E-state index is 11.9. The number of carbonyl (C=O) groups is 1. The molecule has 132 valence electrons. The van der Waals surface area contributed by atoms with Gasteiger partial charge in [0.15, 0.2) is 0 Å². The van der Waals surface area contributed by atoms with Crippen LogP contribution in [-0.2, 0) is 13.1 Å². The van der Waals surface area contributed by atoms with Gasteiger partial charge < -0.3 is 15.5 Å². The predicted octanol–water partition coefficient (Wildman–Crippen LogP) is 2.86. The SMILES string of the molecule is O=C(NCc1ccncc1)NCc1ccc(N2CCCCCC2)nc1. The maximum Gasteiger partial charge on any atom is 0.315 e. The molecular formula is C19H25N5O. The lowest BCUT2D eigenvalue weighted by Crippen LogP contribution is -2.34. The Kier molecular flexibility index (Phi) is 6.20. The van der Waals surface area contributed by atoms with Crippen molar-refractivity contribution in [1.82, 2.24) is 20.6 Å². The average molecular weight is 339 g/mol. The highest BCUT2D eigenvalue weighted by Crippen LogP contribution is 2.17. The van der Waals surface area contributed by atoms with Crippen LogP contribution < -0.4 is 15.5 Å². The van der Waals surface area contributed by atoms with Crippen molar-refractivity contribution < 1.29 is 4.79 Å².